The summed E-state index contributed by atoms with van der Waals surface area (Å²) >= 11 is 0. The molecule has 3 atom stereocenters. The zero-order valence-electron chi connectivity index (χ0n) is 50.4. The van der Waals surface area contributed by atoms with Gasteiger partial charge < -0.3 is 19.8 Å². The predicted molar refractivity (Wildman–Crippen MR) is 323 cm³/mol. The Morgan fingerprint density at radius 2 is 0.770 bits per heavy atom. The van der Waals surface area contributed by atoms with Crippen molar-refractivity contribution in [2.75, 3.05) is 40.9 Å². The van der Waals surface area contributed by atoms with Crippen molar-refractivity contribution in [1.82, 2.24) is 5.32 Å². The number of allylic oxidation sites excluding steroid dienone is 4. The molecule has 3 N–H and O–H groups in total. The van der Waals surface area contributed by atoms with Crippen molar-refractivity contribution >= 4 is 13.7 Å². The maximum atomic E-state index is 13.0. The van der Waals surface area contributed by atoms with Crippen LogP contribution in [-0.2, 0) is 18.4 Å². The highest BCUT2D eigenvalue weighted by Gasteiger charge is 2.28. The van der Waals surface area contributed by atoms with E-state index in [-0.39, 0.29) is 19.1 Å². The van der Waals surface area contributed by atoms with Crippen molar-refractivity contribution in [3.05, 3.63) is 24.3 Å². The lowest BCUT2D eigenvalue weighted by molar-refractivity contribution is -0.870. The van der Waals surface area contributed by atoms with E-state index in [0.29, 0.717) is 23.9 Å². The minimum atomic E-state index is -4.32. The van der Waals surface area contributed by atoms with Gasteiger partial charge >= 0.3 is 7.82 Å². The van der Waals surface area contributed by atoms with Crippen LogP contribution in [0.2, 0.25) is 0 Å². The van der Waals surface area contributed by atoms with Crippen LogP contribution in [0.25, 0.3) is 0 Å². The number of nitrogens with zero attached hydrogens (tertiary/aromatic N) is 1. The first-order valence-electron chi connectivity index (χ1n) is 32.7. The van der Waals surface area contributed by atoms with Crippen molar-refractivity contribution < 1.29 is 32.9 Å². The molecule has 0 aliphatic rings. The molecule has 74 heavy (non-hydrogen) atoms. The summed E-state index contributed by atoms with van der Waals surface area (Å²) in [6.07, 6.45) is 72.7. The first-order valence-corrected chi connectivity index (χ1v) is 34.2. The molecule has 1 amide bonds. The lowest BCUT2D eigenvalue weighted by Gasteiger charge is -2.26. The normalized spacial score (nSPS) is 13.9. The van der Waals surface area contributed by atoms with Gasteiger partial charge in [-0.15, -0.1) is 0 Å². The van der Waals surface area contributed by atoms with E-state index in [1.807, 2.05) is 21.1 Å². The number of nitrogens with one attached hydrogen (secondary N) is 1. The summed E-state index contributed by atoms with van der Waals surface area (Å²) in [4.78, 5) is 23.4. The van der Waals surface area contributed by atoms with Gasteiger partial charge in [0.2, 0.25) is 5.91 Å². The number of aliphatic hydroxyl groups is 1. The molecule has 0 rings (SSSR count). The van der Waals surface area contributed by atoms with Crippen LogP contribution in [0.15, 0.2) is 24.3 Å². The number of amides is 1. The number of rotatable bonds is 61. The minimum absolute atomic E-state index is 0.0769. The van der Waals surface area contributed by atoms with Crippen LogP contribution in [0.4, 0.5) is 0 Å². The number of phosphoric acid groups is 1. The van der Waals surface area contributed by atoms with Gasteiger partial charge in [0, 0.05) is 6.42 Å². The van der Waals surface area contributed by atoms with Crippen LogP contribution in [0.5, 0.6) is 0 Å². The van der Waals surface area contributed by atoms with Crippen LogP contribution in [-0.4, -0.2) is 73.4 Å². The Morgan fingerprint density at radius 3 is 1.11 bits per heavy atom. The Labute approximate surface area is 462 Å². The van der Waals surface area contributed by atoms with Crippen LogP contribution in [0.1, 0.15) is 335 Å². The fraction of sp³-hybridized carbons (Fsp3) is 0.923. The smallest absolute Gasteiger partial charge is 0.391 e. The van der Waals surface area contributed by atoms with E-state index < -0.39 is 20.0 Å². The third-order valence-electron chi connectivity index (χ3n) is 15.2. The van der Waals surface area contributed by atoms with Gasteiger partial charge in [0.25, 0.3) is 0 Å². The van der Waals surface area contributed by atoms with Gasteiger partial charge in [0.1, 0.15) is 13.2 Å². The highest BCUT2D eigenvalue weighted by molar-refractivity contribution is 7.47. The average Bonchev–Trinajstić information content (AvgIpc) is 3.36. The number of carbonyl (C=O) groups is 1. The third kappa shape index (κ3) is 58.7. The monoisotopic (exact) mass is 1070 g/mol. The highest BCUT2D eigenvalue weighted by Crippen LogP contribution is 2.43. The second-order valence-electron chi connectivity index (χ2n) is 23.9. The summed E-state index contributed by atoms with van der Waals surface area (Å²) in [6, 6.07) is -0.758. The molecule has 0 saturated carbocycles. The Morgan fingerprint density at radius 1 is 0.459 bits per heavy atom. The molecule has 0 aliphatic heterocycles. The Hall–Kier alpha value is -1.02. The Balaban J connectivity index is 3.92. The molecule has 0 bridgehead atoms. The number of likely N-dealkylation sites (N-methyl/N-ethyl adjacent to an activating group) is 1. The fourth-order valence-electron chi connectivity index (χ4n) is 10.1. The topological polar surface area (TPSA) is 105 Å². The fourth-order valence-corrected chi connectivity index (χ4v) is 10.8. The van der Waals surface area contributed by atoms with E-state index in [9.17, 15) is 19.4 Å². The number of unbranched alkanes of at least 4 members (excludes halogenated alkanes) is 44. The number of aliphatic hydroxyl groups excluding tert-OH is 1. The molecule has 3 unspecified atom stereocenters. The quantitative estimate of drug-likeness (QED) is 0.0243. The van der Waals surface area contributed by atoms with Crippen molar-refractivity contribution in [2.24, 2.45) is 0 Å². The van der Waals surface area contributed by atoms with Gasteiger partial charge in [-0.2, -0.15) is 0 Å². The molecule has 0 aliphatic carbocycles. The molecule has 0 saturated heterocycles. The Kier molecular flexibility index (Phi) is 55.9. The molecule has 0 fully saturated rings. The maximum Gasteiger partial charge on any atom is 0.472 e. The van der Waals surface area contributed by atoms with Crippen molar-refractivity contribution in [3.63, 3.8) is 0 Å². The van der Waals surface area contributed by atoms with E-state index in [1.54, 1.807) is 0 Å². The van der Waals surface area contributed by atoms with E-state index in [0.717, 1.165) is 44.9 Å². The summed E-state index contributed by atoms with van der Waals surface area (Å²) < 4.78 is 23.8. The molecule has 0 aromatic carbocycles. The summed E-state index contributed by atoms with van der Waals surface area (Å²) in [6.45, 7) is 4.93. The summed E-state index contributed by atoms with van der Waals surface area (Å²) in [5, 5.41) is 14.1. The SMILES string of the molecule is CCCCCCCCCCCCCCC/C=C\C/C=C\CCCCCCCCCCCCCCCCCCCC(=O)NC(COP(=O)(O)OCC[N+](C)(C)C)C(O)CCCCCCCCCCCCCCCCC. The number of hydrogen-bond donors (Lipinski definition) is 3. The number of carbonyl (C=O) groups excluding carboxylic acids is 1. The van der Waals surface area contributed by atoms with Crippen molar-refractivity contribution in [2.45, 2.75) is 347 Å². The second-order valence-corrected chi connectivity index (χ2v) is 25.3. The van der Waals surface area contributed by atoms with Crippen molar-refractivity contribution in [3.8, 4) is 0 Å². The van der Waals surface area contributed by atoms with Gasteiger partial charge in [-0.05, 0) is 44.9 Å². The number of quaternary nitrogens is 1. The Bertz CT molecular complexity index is 1260. The first kappa shape index (κ1) is 73.0. The number of hydrogen-bond acceptors (Lipinski definition) is 5. The molecule has 0 spiro atoms. The van der Waals surface area contributed by atoms with Gasteiger partial charge in [-0.25, -0.2) is 4.57 Å². The molecule has 0 heterocycles. The van der Waals surface area contributed by atoms with E-state index in [2.05, 4.69) is 43.5 Å². The van der Waals surface area contributed by atoms with Gasteiger partial charge in [0.05, 0.1) is 39.9 Å². The molecule has 0 aromatic rings. The third-order valence-corrected chi connectivity index (χ3v) is 16.2. The second kappa shape index (κ2) is 56.7. The number of phosphoric ester groups is 1. The van der Waals surface area contributed by atoms with Crippen LogP contribution < -0.4 is 5.32 Å². The molecular formula is C65H130N2O6P+. The van der Waals surface area contributed by atoms with E-state index in [4.69, 9.17) is 9.05 Å². The lowest BCUT2D eigenvalue weighted by atomic mass is 10.0. The maximum absolute atomic E-state index is 13.0. The van der Waals surface area contributed by atoms with Gasteiger partial charge in [0.15, 0.2) is 0 Å². The summed E-state index contributed by atoms with van der Waals surface area (Å²) in [5.41, 5.74) is 0. The molecular weight excluding hydrogens is 936 g/mol. The summed E-state index contributed by atoms with van der Waals surface area (Å²) in [5.74, 6) is -0.139. The van der Waals surface area contributed by atoms with Gasteiger partial charge in [-0.3, -0.25) is 13.8 Å². The molecule has 8 nitrogen and oxygen atoms in total. The molecule has 9 heteroatoms. The van der Waals surface area contributed by atoms with Gasteiger partial charge in [-0.1, -0.05) is 308 Å². The molecule has 0 aromatic heterocycles. The molecule has 440 valence electrons. The van der Waals surface area contributed by atoms with Crippen LogP contribution in [0, 0.1) is 0 Å². The first-order chi connectivity index (χ1) is 36.0. The van der Waals surface area contributed by atoms with E-state index in [1.165, 1.54) is 263 Å². The highest BCUT2D eigenvalue weighted by atomic mass is 31.2. The van der Waals surface area contributed by atoms with Crippen LogP contribution in [0.3, 0.4) is 0 Å². The van der Waals surface area contributed by atoms with Crippen LogP contribution >= 0.6 is 7.82 Å². The average molecular weight is 1070 g/mol. The predicted octanol–water partition coefficient (Wildman–Crippen LogP) is 20.3. The lowest BCUT2D eigenvalue weighted by Crippen LogP contribution is -2.46. The summed E-state index contributed by atoms with van der Waals surface area (Å²) in [7, 11) is 1.63. The molecule has 0 radical (unpaired) electrons. The largest absolute Gasteiger partial charge is 0.472 e. The zero-order chi connectivity index (χ0) is 54.2. The standard InChI is InChI=1S/C65H129N2O6P/c1-6-8-10-12-14-16-18-20-22-23-24-25-26-27-28-29-30-31-32-33-34-35-36-37-38-39-40-41-42-43-45-47-49-51-53-55-57-59-65(69)66-63(62-73-74(70,71)72-61-60-67(3,4)5)64(68)58-56-54-52-50-48-46-44-21-19-17-15-13-11-9-7-2/h28-29,31-32,63-64,68H,6-27,30,33-62H2,1-5H3,(H-,66,69,70,71)/p+1/b29-28-,32-31-. The van der Waals surface area contributed by atoms with Crippen molar-refractivity contribution in [1.29, 1.82) is 0 Å². The zero-order valence-corrected chi connectivity index (χ0v) is 51.3. The van der Waals surface area contributed by atoms with E-state index >= 15 is 0 Å². The minimum Gasteiger partial charge on any atom is -0.391 e.